The molecule has 0 saturated heterocycles. The third-order valence-corrected chi connectivity index (χ3v) is 4.08. The van der Waals surface area contributed by atoms with Crippen LogP contribution in [-0.2, 0) is 19.3 Å². The first-order chi connectivity index (χ1) is 10.3. The van der Waals surface area contributed by atoms with E-state index in [-0.39, 0.29) is 0 Å². The Labute approximate surface area is 125 Å². The summed E-state index contributed by atoms with van der Waals surface area (Å²) in [7, 11) is 0. The van der Waals surface area contributed by atoms with Crippen molar-refractivity contribution >= 4 is 11.5 Å². The minimum Gasteiger partial charge on any atom is -0.323 e. The van der Waals surface area contributed by atoms with Gasteiger partial charge in [-0.2, -0.15) is 10.4 Å². The summed E-state index contributed by atoms with van der Waals surface area (Å²) < 4.78 is 0. The predicted molar refractivity (Wildman–Crippen MR) is 82.7 cm³/mol. The fraction of sp³-hybridized carbons (Fsp3) is 0.353. The molecule has 1 aromatic heterocycles. The van der Waals surface area contributed by atoms with E-state index in [1.807, 2.05) is 6.07 Å². The van der Waals surface area contributed by atoms with E-state index in [9.17, 15) is 5.26 Å². The second-order valence-corrected chi connectivity index (χ2v) is 5.17. The second-order valence-electron chi connectivity index (χ2n) is 5.17. The van der Waals surface area contributed by atoms with E-state index in [4.69, 9.17) is 0 Å². The SMILES string of the molecule is CCc1nnc(N2CCc3ccccc32)c(C#N)c1CC. The highest BCUT2D eigenvalue weighted by molar-refractivity contribution is 5.72. The third kappa shape index (κ3) is 2.15. The van der Waals surface area contributed by atoms with Crippen molar-refractivity contribution in [2.45, 2.75) is 33.1 Å². The number of hydrogen-bond donors (Lipinski definition) is 0. The van der Waals surface area contributed by atoms with Crippen LogP contribution in [-0.4, -0.2) is 16.7 Å². The molecule has 2 aromatic rings. The van der Waals surface area contributed by atoms with Crippen molar-refractivity contribution in [3.63, 3.8) is 0 Å². The van der Waals surface area contributed by atoms with E-state index in [1.54, 1.807) is 0 Å². The molecule has 4 nitrogen and oxygen atoms in total. The average Bonchev–Trinajstić information content (AvgIpc) is 2.97. The van der Waals surface area contributed by atoms with E-state index in [2.05, 4.69) is 53.2 Å². The molecule has 106 valence electrons. The van der Waals surface area contributed by atoms with Gasteiger partial charge in [0.2, 0.25) is 0 Å². The Bertz CT molecular complexity index is 715. The molecule has 0 N–H and O–H groups in total. The van der Waals surface area contributed by atoms with Gasteiger partial charge in [-0.15, -0.1) is 5.10 Å². The number of rotatable bonds is 3. The first kappa shape index (κ1) is 13.6. The summed E-state index contributed by atoms with van der Waals surface area (Å²) in [5, 5.41) is 18.3. The number of fused-ring (bicyclic) bond motifs is 1. The number of hydrogen-bond acceptors (Lipinski definition) is 4. The summed E-state index contributed by atoms with van der Waals surface area (Å²) in [6.07, 6.45) is 2.60. The summed E-state index contributed by atoms with van der Waals surface area (Å²) in [6, 6.07) is 10.7. The van der Waals surface area contributed by atoms with Crippen LogP contribution in [0.4, 0.5) is 11.5 Å². The van der Waals surface area contributed by atoms with Crippen molar-refractivity contribution in [2.24, 2.45) is 0 Å². The van der Waals surface area contributed by atoms with Crippen LogP contribution in [0.1, 0.15) is 36.2 Å². The summed E-state index contributed by atoms with van der Waals surface area (Å²) in [5.41, 5.74) is 5.11. The number of anilines is 2. The van der Waals surface area contributed by atoms with E-state index in [0.29, 0.717) is 11.4 Å². The van der Waals surface area contributed by atoms with Crippen molar-refractivity contribution in [3.8, 4) is 6.07 Å². The Balaban J connectivity index is 2.15. The molecule has 0 aliphatic carbocycles. The quantitative estimate of drug-likeness (QED) is 0.865. The Morgan fingerprint density at radius 2 is 2.00 bits per heavy atom. The van der Waals surface area contributed by atoms with Gasteiger partial charge in [0, 0.05) is 12.2 Å². The largest absolute Gasteiger partial charge is 0.323 e. The van der Waals surface area contributed by atoms with Crippen LogP contribution in [0, 0.1) is 11.3 Å². The molecular weight excluding hydrogens is 260 g/mol. The molecule has 4 heteroatoms. The van der Waals surface area contributed by atoms with E-state index in [1.165, 1.54) is 5.56 Å². The first-order valence-corrected chi connectivity index (χ1v) is 7.44. The fourth-order valence-corrected chi connectivity index (χ4v) is 3.03. The highest BCUT2D eigenvalue weighted by atomic mass is 15.3. The van der Waals surface area contributed by atoms with Crippen molar-refractivity contribution in [3.05, 3.63) is 46.6 Å². The Hall–Kier alpha value is -2.41. The molecule has 0 spiro atoms. The lowest BCUT2D eigenvalue weighted by atomic mass is 10.0. The number of nitriles is 1. The molecule has 3 rings (SSSR count). The third-order valence-electron chi connectivity index (χ3n) is 4.08. The highest BCUT2D eigenvalue weighted by Crippen LogP contribution is 2.35. The number of nitrogens with zero attached hydrogens (tertiary/aromatic N) is 4. The summed E-state index contributed by atoms with van der Waals surface area (Å²) >= 11 is 0. The molecular formula is C17H18N4. The van der Waals surface area contributed by atoms with Gasteiger partial charge in [-0.3, -0.25) is 0 Å². The average molecular weight is 278 g/mol. The standard InChI is InChI=1S/C17H18N4/c1-3-13-14(11-18)17(20-19-15(13)4-2)21-10-9-12-7-5-6-8-16(12)21/h5-8H,3-4,9-10H2,1-2H3. The molecule has 21 heavy (non-hydrogen) atoms. The molecule has 0 bridgehead atoms. The monoisotopic (exact) mass is 278 g/mol. The summed E-state index contributed by atoms with van der Waals surface area (Å²) in [5.74, 6) is 0.705. The molecule has 1 aliphatic heterocycles. The summed E-state index contributed by atoms with van der Waals surface area (Å²) in [4.78, 5) is 2.12. The van der Waals surface area contributed by atoms with Crippen LogP contribution < -0.4 is 4.90 Å². The molecule has 0 atom stereocenters. The van der Waals surface area contributed by atoms with Crippen LogP contribution >= 0.6 is 0 Å². The van der Waals surface area contributed by atoms with Gasteiger partial charge < -0.3 is 4.90 Å². The Morgan fingerprint density at radius 1 is 1.19 bits per heavy atom. The number of benzene rings is 1. The molecule has 0 radical (unpaired) electrons. The maximum Gasteiger partial charge on any atom is 0.173 e. The zero-order valence-electron chi connectivity index (χ0n) is 12.4. The van der Waals surface area contributed by atoms with Crippen molar-refractivity contribution < 1.29 is 0 Å². The number of aryl methyl sites for hydroxylation is 1. The number of para-hydroxylation sites is 1. The number of aromatic nitrogens is 2. The lowest BCUT2D eigenvalue weighted by Crippen LogP contribution is -2.19. The molecule has 1 aromatic carbocycles. The van der Waals surface area contributed by atoms with Gasteiger partial charge in [-0.05, 0) is 36.5 Å². The van der Waals surface area contributed by atoms with Gasteiger partial charge in [0.1, 0.15) is 11.6 Å². The van der Waals surface area contributed by atoms with Crippen LogP contribution in [0.15, 0.2) is 24.3 Å². The van der Waals surface area contributed by atoms with Crippen LogP contribution in [0.2, 0.25) is 0 Å². The van der Waals surface area contributed by atoms with Gasteiger partial charge in [-0.25, -0.2) is 0 Å². The van der Waals surface area contributed by atoms with E-state index < -0.39 is 0 Å². The van der Waals surface area contributed by atoms with Crippen LogP contribution in [0.5, 0.6) is 0 Å². The fourth-order valence-electron chi connectivity index (χ4n) is 3.03. The van der Waals surface area contributed by atoms with Gasteiger partial charge in [-0.1, -0.05) is 32.0 Å². The summed E-state index contributed by atoms with van der Waals surface area (Å²) in [6.45, 7) is 4.98. The Morgan fingerprint density at radius 3 is 2.71 bits per heavy atom. The van der Waals surface area contributed by atoms with Gasteiger partial charge >= 0.3 is 0 Å². The second kappa shape index (κ2) is 5.53. The minimum absolute atomic E-state index is 0.682. The van der Waals surface area contributed by atoms with Crippen molar-refractivity contribution in [2.75, 3.05) is 11.4 Å². The van der Waals surface area contributed by atoms with Crippen LogP contribution in [0.25, 0.3) is 0 Å². The minimum atomic E-state index is 0.682. The van der Waals surface area contributed by atoms with Gasteiger partial charge in [0.15, 0.2) is 5.82 Å². The topological polar surface area (TPSA) is 52.8 Å². The molecule has 0 fully saturated rings. The smallest absolute Gasteiger partial charge is 0.173 e. The lowest BCUT2D eigenvalue weighted by Gasteiger charge is -2.20. The van der Waals surface area contributed by atoms with E-state index >= 15 is 0 Å². The van der Waals surface area contributed by atoms with Crippen LogP contribution in [0.3, 0.4) is 0 Å². The predicted octanol–water partition coefficient (Wildman–Crippen LogP) is 3.17. The molecule has 0 unspecified atom stereocenters. The van der Waals surface area contributed by atoms with Crippen molar-refractivity contribution in [1.82, 2.24) is 10.2 Å². The van der Waals surface area contributed by atoms with E-state index in [0.717, 1.165) is 42.8 Å². The van der Waals surface area contributed by atoms with Gasteiger partial charge in [0.25, 0.3) is 0 Å². The van der Waals surface area contributed by atoms with Crippen molar-refractivity contribution in [1.29, 1.82) is 5.26 Å². The lowest BCUT2D eigenvalue weighted by molar-refractivity contribution is 0.848. The molecule has 0 amide bonds. The molecule has 0 saturated carbocycles. The molecule has 1 aliphatic rings. The Kier molecular flexibility index (Phi) is 3.57. The highest BCUT2D eigenvalue weighted by Gasteiger charge is 2.25. The maximum absolute atomic E-state index is 9.61. The zero-order valence-corrected chi connectivity index (χ0v) is 12.4. The first-order valence-electron chi connectivity index (χ1n) is 7.44. The maximum atomic E-state index is 9.61. The zero-order chi connectivity index (χ0) is 14.8. The molecule has 2 heterocycles. The van der Waals surface area contributed by atoms with Gasteiger partial charge in [0.05, 0.1) is 5.69 Å². The normalized spacial score (nSPS) is 13.1.